The predicted octanol–water partition coefficient (Wildman–Crippen LogP) is 4.45. The fraction of sp³-hybridized carbons (Fsp3) is 0.231. The number of nitrogens with zero attached hydrogens (tertiary/aromatic N) is 4. The fourth-order valence-electron chi connectivity index (χ4n) is 4.25. The Labute approximate surface area is 215 Å². The molecule has 0 unspecified atom stereocenters. The number of thiophene rings is 1. The second kappa shape index (κ2) is 10.3. The van der Waals surface area contributed by atoms with Crippen LogP contribution in [-0.4, -0.2) is 33.3 Å². The zero-order valence-corrected chi connectivity index (χ0v) is 20.8. The van der Waals surface area contributed by atoms with E-state index < -0.39 is 10.8 Å². The van der Waals surface area contributed by atoms with Crippen LogP contribution < -0.4 is 15.6 Å². The van der Waals surface area contributed by atoms with Gasteiger partial charge in [0.25, 0.3) is 17.2 Å². The number of non-ortho nitro benzene ring substituents is 1. The molecule has 0 spiro atoms. The third-order valence-corrected chi connectivity index (χ3v) is 7.23. The van der Waals surface area contributed by atoms with Gasteiger partial charge in [-0.3, -0.25) is 19.7 Å². The molecular weight excluding hydrogens is 494 g/mol. The van der Waals surface area contributed by atoms with Crippen LogP contribution in [0.25, 0.3) is 10.2 Å². The number of aromatic nitrogens is 2. The lowest BCUT2D eigenvalue weighted by atomic mass is 9.97. The number of amides is 1. The molecule has 5 rings (SSSR count). The molecule has 1 amide bonds. The summed E-state index contributed by atoms with van der Waals surface area (Å²) in [7, 11) is 0. The number of nitro groups is 1. The first-order chi connectivity index (χ1) is 17.9. The number of benzene rings is 2. The van der Waals surface area contributed by atoms with Gasteiger partial charge < -0.3 is 10.1 Å². The standard InChI is InChI=1S/C26H23N5O5S/c1-16-28-25-24(21-7-2-3-8-22(21)37-25)26(33)30(16)27-14-17-9-11-20(12-10-17)36-15-23(32)29-18-5-4-6-19(13-18)31(34)35/h4-6,9-14H,2-3,7-8,15H2,1H3,(H,29,32). The van der Waals surface area contributed by atoms with Gasteiger partial charge in [-0.1, -0.05) is 6.07 Å². The minimum atomic E-state index is -0.529. The number of anilines is 1. The molecule has 0 saturated heterocycles. The Kier molecular flexibility index (Phi) is 6.78. The van der Waals surface area contributed by atoms with E-state index in [2.05, 4.69) is 15.4 Å². The largest absolute Gasteiger partial charge is 0.484 e. The van der Waals surface area contributed by atoms with Gasteiger partial charge in [0.2, 0.25) is 0 Å². The number of carbonyl (C=O) groups is 1. The summed E-state index contributed by atoms with van der Waals surface area (Å²) in [5.74, 6) is 0.550. The lowest BCUT2D eigenvalue weighted by Gasteiger charge is -2.10. The van der Waals surface area contributed by atoms with Gasteiger partial charge in [0.1, 0.15) is 16.4 Å². The molecule has 10 nitrogen and oxygen atoms in total. The van der Waals surface area contributed by atoms with Crippen molar-refractivity contribution in [2.45, 2.75) is 32.6 Å². The van der Waals surface area contributed by atoms with Gasteiger partial charge in [-0.15, -0.1) is 11.3 Å². The van der Waals surface area contributed by atoms with Crippen molar-refractivity contribution in [3.63, 3.8) is 0 Å². The molecule has 0 aliphatic heterocycles. The maximum atomic E-state index is 13.2. The predicted molar refractivity (Wildman–Crippen MR) is 142 cm³/mol. The Morgan fingerprint density at radius 1 is 1.24 bits per heavy atom. The van der Waals surface area contributed by atoms with Crippen molar-refractivity contribution >= 4 is 45.0 Å². The highest BCUT2D eigenvalue weighted by molar-refractivity contribution is 7.18. The van der Waals surface area contributed by atoms with E-state index in [0.717, 1.165) is 41.6 Å². The van der Waals surface area contributed by atoms with Crippen LogP contribution in [0.2, 0.25) is 0 Å². The highest BCUT2D eigenvalue weighted by Crippen LogP contribution is 2.33. The number of aryl methyl sites for hydroxylation is 3. The molecule has 11 heteroatoms. The fourth-order valence-corrected chi connectivity index (χ4v) is 5.55. The molecule has 1 aliphatic carbocycles. The lowest BCUT2D eigenvalue weighted by Crippen LogP contribution is -2.21. The van der Waals surface area contributed by atoms with Crippen LogP contribution in [0.4, 0.5) is 11.4 Å². The van der Waals surface area contributed by atoms with Crippen molar-refractivity contribution in [2.75, 3.05) is 11.9 Å². The van der Waals surface area contributed by atoms with Gasteiger partial charge in [0, 0.05) is 22.7 Å². The van der Waals surface area contributed by atoms with Crippen molar-refractivity contribution in [2.24, 2.45) is 5.10 Å². The van der Waals surface area contributed by atoms with E-state index in [0.29, 0.717) is 22.6 Å². The Morgan fingerprint density at radius 3 is 2.81 bits per heavy atom. The molecule has 37 heavy (non-hydrogen) atoms. The zero-order chi connectivity index (χ0) is 25.9. The first-order valence-corrected chi connectivity index (χ1v) is 12.6. The van der Waals surface area contributed by atoms with Gasteiger partial charge in [-0.05, 0) is 74.1 Å². The number of rotatable bonds is 7. The van der Waals surface area contributed by atoms with E-state index in [9.17, 15) is 19.7 Å². The van der Waals surface area contributed by atoms with Crippen LogP contribution in [0.15, 0.2) is 58.4 Å². The molecule has 2 heterocycles. The average molecular weight is 518 g/mol. The quantitative estimate of drug-likeness (QED) is 0.219. The Balaban J connectivity index is 1.24. The second-order valence-corrected chi connectivity index (χ2v) is 9.71. The van der Waals surface area contributed by atoms with E-state index in [-0.39, 0.29) is 17.9 Å². The van der Waals surface area contributed by atoms with Crippen LogP contribution >= 0.6 is 11.3 Å². The second-order valence-electron chi connectivity index (χ2n) is 8.62. The number of carbonyl (C=O) groups excluding carboxylic acids is 1. The Morgan fingerprint density at radius 2 is 2.03 bits per heavy atom. The van der Waals surface area contributed by atoms with Gasteiger partial charge >= 0.3 is 0 Å². The summed E-state index contributed by atoms with van der Waals surface area (Å²) in [6, 6.07) is 12.6. The summed E-state index contributed by atoms with van der Waals surface area (Å²) in [6.07, 6.45) is 5.72. The molecule has 0 atom stereocenters. The summed E-state index contributed by atoms with van der Waals surface area (Å²) in [5.41, 5.74) is 1.93. The number of fused-ring (bicyclic) bond motifs is 3. The van der Waals surface area contributed by atoms with Crippen molar-refractivity contribution in [3.8, 4) is 5.75 Å². The molecule has 188 valence electrons. The van der Waals surface area contributed by atoms with Crippen LogP contribution in [0, 0.1) is 17.0 Å². The lowest BCUT2D eigenvalue weighted by molar-refractivity contribution is -0.384. The summed E-state index contributed by atoms with van der Waals surface area (Å²) < 4.78 is 6.85. The van der Waals surface area contributed by atoms with Crippen molar-refractivity contribution in [1.82, 2.24) is 9.66 Å². The third-order valence-electron chi connectivity index (χ3n) is 6.04. The number of hydrogen-bond donors (Lipinski definition) is 1. The molecule has 0 saturated carbocycles. The molecule has 0 fully saturated rings. The van der Waals surface area contributed by atoms with Crippen molar-refractivity contribution in [3.05, 3.63) is 90.8 Å². The SMILES string of the molecule is Cc1nc2sc3c(c2c(=O)n1N=Cc1ccc(OCC(=O)Nc2cccc([N+](=O)[O-])c2)cc1)CCCC3. The van der Waals surface area contributed by atoms with E-state index in [1.54, 1.807) is 54.8 Å². The maximum absolute atomic E-state index is 13.2. The van der Waals surface area contributed by atoms with Gasteiger partial charge in [-0.25, -0.2) is 4.98 Å². The number of ether oxygens (including phenoxy) is 1. The topological polar surface area (TPSA) is 129 Å². The first kappa shape index (κ1) is 24.3. The molecule has 1 aliphatic rings. The van der Waals surface area contributed by atoms with Gasteiger partial charge in [0.05, 0.1) is 16.5 Å². The smallest absolute Gasteiger partial charge is 0.283 e. The summed E-state index contributed by atoms with van der Waals surface area (Å²) in [5, 5.41) is 18.5. The summed E-state index contributed by atoms with van der Waals surface area (Å²) in [4.78, 5) is 42.4. The molecule has 0 radical (unpaired) electrons. The average Bonchev–Trinajstić information content (AvgIpc) is 3.26. The van der Waals surface area contributed by atoms with E-state index in [1.165, 1.54) is 27.8 Å². The third kappa shape index (κ3) is 5.26. The molecule has 2 aromatic heterocycles. The molecule has 0 bridgehead atoms. The van der Waals surface area contributed by atoms with E-state index in [4.69, 9.17) is 4.74 Å². The minimum absolute atomic E-state index is 0.112. The maximum Gasteiger partial charge on any atom is 0.283 e. The summed E-state index contributed by atoms with van der Waals surface area (Å²) >= 11 is 1.62. The van der Waals surface area contributed by atoms with Crippen LogP contribution in [0.1, 0.15) is 34.7 Å². The van der Waals surface area contributed by atoms with Crippen molar-refractivity contribution in [1.29, 1.82) is 0 Å². The first-order valence-electron chi connectivity index (χ1n) is 11.7. The van der Waals surface area contributed by atoms with Crippen LogP contribution in [0.3, 0.4) is 0 Å². The molecular formula is C26H23N5O5S. The summed E-state index contributed by atoms with van der Waals surface area (Å²) in [6.45, 7) is 1.51. The van der Waals surface area contributed by atoms with Gasteiger partial charge in [-0.2, -0.15) is 9.78 Å². The number of nitro benzene ring substituents is 1. The minimum Gasteiger partial charge on any atom is -0.484 e. The van der Waals surface area contributed by atoms with Gasteiger partial charge in [0.15, 0.2) is 6.61 Å². The monoisotopic (exact) mass is 517 g/mol. The molecule has 2 aromatic carbocycles. The highest BCUT2D eigenvalue weighted by atomic mass is 32.1. The van der Waals surface area contributed by atoms with E-state index >= 15 is 0 Å². The Bertz CT molecular complexity index is 1590. The van der Waals surface area contributed by atoms with Crippen LogP contribution in [-0.2, 0) is 17.6 Å². The van der Waals surface area contributed by atoms with E-state index in [1.807, 2.05) is 0 Å². The van der Waals surface area contributed by atoms with Crippen molar-refractivity contribution < 1.29 is 14.5 Å². The number of hydrogen-bond acceptors (Lipinski definition) is 8. The zero-order valence-electron chi connectivity index (χ0n) is 20.0. The molecule has 1 N–H and O–H groups in total. The number of nitrogens with one attached hydrogen (secondary N) is 1. The van der Waals surface area contributed by atoms with Crippen LogP contribution in [0.5, 0.6) is 5.75 Å². The highest BCUT2D eigenvalue weighted by Gasteiger charge is 2.21. The Hall–Kier alpha value is -4.38. The molecule has 4 aromatic rings. The normalized spacial score (nSPS) is 13.0.